The van der Waals surface area contributed by atoms with Crippen LogP contribution in [0, 0.1) is 17.6 Å². The number of rotatable bonds is 3. The highest BCUT2D eigenvalue weighted by Gasteiger charge is 2.25. The summed E-state index contributed by atoms with van der Waals surface area (Å²) >= 11 is 0. The summed E-state index contributed by atoms with van der Waals surface area (Å²) in [6.45, 7) is 2.74. The maximum absolute atomic E-state index is 13.6. The van der Waals surface area contributed by atoms with Crippen LogP contribution in [0.4, 0.5) is 8.78 Å². The predicted molar refractivity (Wildman–Crippen MR) is 84.9 cm³/mol. The van der Waals surface area contributed by atoms with Crippen LogP contribution in [-0.2, 0) is 12.8 Å². The fourth-order valence-corrected chi connectivity index (χ4v) is 3.45. The molecule has 0 amide bonds. The summed E-state index contributed by atoms with van der Waals surface area (Å²) in [7, 11) is 0. The Hall–Kier alpha value is -1.74. The Kier molecular flexibility index (Phi) is 4.25. The van der Waals surface area contributed by atoms with Crippen LogP contribution in [0.2, 0.25) is 0 Å². The predicted octanol–water partition coefficient (Wildman–Crippen LogP) is 4.18. The van der Waals surface area contributed by atoms with Gasteiger partial charge in [0.05, 0.1) is 0 Å². The summed E-state index contributed by atoms with van der Waals surface area (Å²) in [5, 5.41) is 0. The standard InChI is InChI=1S/C19H21F2N/c1-12(11-22)8-19-17-6-4-15(20)9-13(17)2-3-14-10-16(21)5-7-18(14)19/h4-7,9-10,12,19H,2-3,8,11,22H2,1H3. The lowest BCUT2D eigenvalue weighted by atomic mass is 9.82. The number of aryl methyl sites for hydroxylation is 2. The van der Waals surface area contributed by atoms with Gasteiger partial charge in [-0.25, -0.2) is 8.78 Å². The zero-order chi connectivity index (χ0) is 15.7. The van der Waals surface area contributed by atoms with Gasteiger partial charge < -0.3 is 5.73 Å². The van der Waals surface area contributed by atoms with Crippen molar-refractivity contribution in [2.75, 3.05) is 6.54 Å². The molecule has 0 bridgehead atoms. The maximum Gasteiger partial charge on any atom is 0.123 e. The zero-order valence-electron chi connectivity index (χ0n) is 12.8. The monoisotopic (exact) mass is 301 g/mol. The quantitative estimate of drug-likeness (QED) is 0.904. The van der Waals surface area contributed by atoms with Crippen LogP contribution in [-0.4, -0.2) is 6.54 Å². The first-order valence-electron chi connectivity index (χ1n) is 7.85. The number of nitrogens with two attached hydrogens (primary N) is 1. The molecule has 0 aromatic heterocycles. The van der Waals surface area contributed by atoms with Crippen LogP contribution < -0.4 is 5.73 Å². The van der Waals surface area contributed by atoms with Crippen LogP contribution in [0.15, 0.2) is 36.4 Å². The summed E-state index contributed by atoms with van der Waals surface area (Å²) in [5.41, 5.74) is 10.2. The van der Waals surface area contributed by atoms with Crippen LogP contribution >= 0.6 is 0 Å². The first kappa shape index (κ1) is 15.2. The van der Waals surface area contributed by atoms with E-state index in [-0.39, 0.29) is 17.6 Å². The fraction of sp³-hybridized carbons (Fsp3) is 0.368. The van der Waals surface area contributed by atoms with E-state index in [2.05, 4.69) is 6.92 Å². The molecular weight excluding hydrogens is 280 g/mol. The largest absolute Gasteiger partial charge is 0.330 e. The van der Waals surface area contributed by atoms with Crippen molar-refractivity contribution in [1.82, 2.24) is 0 Å². The molecule has 1 unspecified atom stereocenters. The van der Waals surface area contributed by atoms with Crippen molar-refractivity contribution in [3.05, 3.63) is 70.3 Å². The first-order valence-corrected chi connectivity index (χ1v) is 7.85. The third-order valence-electron chi connectivity index (χ3n) is 4.66. The van der Waals surface area contributed by atoms with Gasteiger partial charge in [0.1, 0.15) is 11.6 Å². The number of fused-ring (bicyclic) bond motifs is 2. The summed E-state index contributed by atoms with van der Waals surface area (Å²) in [6, 6.07) is 10.1. The normalized spacial score (nSPS) is 15.8. The average molecular weight is 301 g/mol. The Balaban J connectivity index is 2.11. The van der Waals surface area contributed by atoms with Crippen molar-refractivity contribution < 1.29 is 8.78 Å². The fourth-order valence-electron chi connectivity index (χ4n) is 3.45. The van der Waals surface area contributed by atoms with Crippen molar-refractivity contribution in [2.24, 2.45) is 11.7 Å². The van der Waals surface area contributed by atoms with Crippen molar-refractivity contribution in [3.63, 3.8) is 0 Å². The lowest BCUT2D eigenvalue weighted by Gasteiger charge is -2.23. The molecule has 2 aromatic rings. The molecule has 1 atom stereocenters. The molecule has 116 valence electrons. The van der Waals surface area contributed by atoms with E-state index in [0.717, 1.165) is 41.5 Å². The van der Waals surface area contributed by atoms with E-state index in [1.165, 1.54) is 12.1 Å². The van der Waals surface area contributed by atoms with Gasteiger partial charge in [-0.05, 0) is 78.2 Å². The second-order valence-corrected chi connectivity index (χ2v) is 6.32. The van der Waals surface area contributed by atoms with Crippen LogP contribution in [0.5, 0.6) is 0 Å². The molecule has 3 heteroatoms. The smallest absolute Gasteiger partial charge is 0.123 e. The van der Waals surface area contributed by atoms with Crippen molar-refractivity contribution >= 4 is 0 Å². The minimum atomic E-state index is -0.207. The third-order valence-corrected chi connectivity index (χ3v) is 4.66. The molecule has 1 aliphatic rings. The molecule has 1 aliphatic carbocycles. The minimum Gasteiger partial charge on any atom is -0.330 e. The van der Waals surface area contributed by atoms with Gasteiger partial charge >= 0.3 is 0 Å². The Morgan fingerprint density at radius 2 is 1.50 bits per heavy atom. The highest BCUT2D eigenvalue weighted by molar-refractivity contribution is 5.45. The molecule has 1 nitrogen and oxygen atoms in total. The number of benzene rings is 2. The number of hydrogen-bond acceptors (Lipinski definition) is 1. The van der Waals surface area contributed by atoms with Gasteiger partial charge in [-0.3, -0.25) is 0 Å². The second kappa shape index (κ2) is 6.17. The van der Waals surface area contributed by atoms with Crippen molar-refractivity contribution in [2.45, 2.75) is 32.1 Å². The van der Waals surface area contributed by atoms with Gasteiger partial charge in [0, 0.05) is 5.92 Å². The van der Waals surface area contributed by atoms with Crippen LogP contribution in [0.1, 0.15) is 41.5 Å². The van der Waals surface area contributed by atoms with Crippen LogP contribution in [0.3, 0.4) is 0 Å². The second-order valence-electron chi connectivity index (χ2n) is 6.32. The van der Waals surface area contributed by atoms with E-state index in [0.29, 0.717) is 12.5 Å². The molecule has 2 aromatic carbocycles. The van der Waals surface area contributed by atoms with Gasteiger partial charge in [-0.15, -0.1) is 0 Å². The molecule has 0 radical (unpaired) electrons. The molecule has 0 saturated carbocycles. The van der Waals surface area contributed by atoms with Gasteiger partial charge in [0.25, 0.3) is 0 Å². The highest BCUT2D eigenvalue weighted by atomic mass is 19.1. The van der Waals surface area contributed by atoms with E-state index in [9.17, 15) is 8.78 Å². The molecule has 0 saturated heterocycles. The van der Waals surface area contributed by atoms with Crippen LogP contribution in [0.25, 0.3) is 0 Å². The van der Waals surface area contributed by atoms with E-state index >= 15 is 0 Å². The zero-order valence-corrected chi connectivity index (χ0v) is 12.8. The van der Waals surface area contributed by atoms with Gasteiger partial charge in [-0.2, -0.15) is 0 Å². The Morgan fingerprint density at radius 3 is 1.95 bits per heavy atom. The first-order chi connectivity index (χ1) is 10.6. The van der Waals surface area contributed by atoms with Crippen molar-refractivity contribution in [1.29, 1.82) is 0 Å². The Labute approximate surface area is 130 Å². The Bertz CT molecular complexity index is 628. The summed E-state index contributed by atoms with van der Waals surface area (Å²) < 4.78 is 27.2. The van der Waals surface area contributed by atoms with Gasteiger partial charge in [0.2, 0.25) is 0 Å². The number of hydrogen-bond donors (Lipinski definition) is 1. The van der Waals surface area contributed by atoms with Gasteiger partial charge in [-0.1, -0.05) is 19.1 Å². The highest BCUT2D eigenvalue weighted by Crippen LogP contribution is 2.38. The summed E-state index contributed by atoms with van der Waals surface area (Å²) in [4.78, 5) is 0. The lowest BCUT2D eigenvalue weighted by molar-refractivity contribution is 0.506. The average Bonchev–Trinajstić information content (AvgIpc) is 2.64. The van der Waals surface area contributed by atoms with E-state index < -0.39 is 0 Å². The topological polar surface area (TPSA) is 26.0 Å². The molecular formula is C19H21F2N. The molecule has 0 heterocycles. The van der Waals surface area contributed by atoms with E-state index in [1.807, 2.05) is 12.1 Å². The van der Waals surface area contributed by atoms with Crippen molar-refractivity contribution in [3.8, 4) is 0 Å². The van der Waals surface area contributed by atoms with E-state index in [1.54, 1.807) is 12.1 Å². The molecule has 0 fully saturated rings. The summed E-state index contributed by atoms with van der Waals surface area (Å²) in [6.07, 6.45) is 2.39. The SMILES string of the molecule is CC(CN)CC1c2ccc(F)cc2CCc2cc(F)ccc21. The number of halogens is 2. The molecule has 3 rings (SSSR count). The molecule has 2 N–H and O–H groups in total. The Morgan fingerprint density at radius 1 is 1.00 bits per heavy atom. The lowest BCUT2D eigenvalue weighted by Crippen LogP contribution is -2.16. The van der Waals surface area contributed by atoms with Gasteiger partial charge in [0.15, 0.2) is 0 Å². The minimum absolute atomic E-state index is 0.159. The summed E-state index contributed by atoms with van der Waals surface area (Å²) in [5.74, 6) is 0.106. The molecule has 0 spiro atoms. The van der Waals surface area contributed by atoms with E-state index in [4.69, 9.17) is 5.73 Å². The molecule has 22 heavy (non-hydrogen) atoms. The third kappa shape index (κ3) is 2.91. The maximum atomic E-state index is 13.6. The molecule has 0 aliphatic heterocycles.